The highest BCUT2D eigenvalue weighted by molar-refractivity contribution is 6.07. The second kappa shape index (κ2) is 12.7. The molecule has 228 valence electrons. The monoisotopic (exact) mass is 594 g/mol. The van der Waals surface area contributed by atoms with Crippen LogP contribution in [0.25, 0.3) is 11.1 Å². The number of benzene rings is 3. The first-order chi connectivity index (χ1) is 21.4. The second-order valence-corrected chi connectivity index (χ2v) is 11.5. The topological polar surface area (TPSA) is 98.5 Å². The van der Waals surface area contributed by atoms with Gasteiger partial charge in [-0.15, -0.1) is 0 Å². The second-order valence-electron chi connectivity index (χ2n) is 11.5. The van der Waals surface area contributed by atoms with Gasteiger partial charge in [0.05, 0.1) is 32.9 Å². The molecule has 2 amide bonds. The highest BCUT2D eigenvalue weighted by Gasteiger charge is 2.30. The number of aliphatic hydroxyl groups excluding tert-OH is 2. The summed E-state index contributed by atoms with van der Waals surface area (Å²) < 4.78 is 7.60. The van der Waals surface area contributed by atoms with Crippen LogP contribution >= 0.6 is 0 Å². The number of β-amino-alcohol motifs (C(OH)–C–C–N with tert-alkyl or cyclic N) is 1. The van der Waals surface area contributed by atoms with Crippen LogP contribution in [0.15, 0.2) is 78.9 Å². The lowest BCUT2D eigenvalue weighted by Gasteiger charge is -2.35. The number of aliphatic hydroxyl groups is 2. The summed E-state index contributed by atoms with van der Waals surface area (Å²) in [6, 6.07) is 25.3. The van der Waals surface area contributed by atoms with Crippen LogP contribution in [0.3, 0.4) is 0 Å². The molecule has 0 radical (unpaired) electrons. The zero-order valence-electron chi connectivity index (χ0n) is 25.1. The maximum absolute atomic E-state index is 14.1. The maximum Gasteiger partial charge on any atom is 0.270 e. The van der Waals surface area contributed by atoms with E-state index in [4.69, 9.17) is 9.84 Å². The molecule has 0 unspecified atom stereocenters. The molecule has 2 aliphatic rings. The minimum Gasteiger partial charge on any atom is -0.496 e. The van der Waals surface area contributed by atoms with Crippen LogP contribution in [-0.4, -0.2) is 88.9 Å². The van der Waals surface area contributed by atoms with Gasteiger partial charge in [0.25, 0.3) is 11.8 Å². The third-order valence-corrected chi connectivity index (χ3v) is 8.68. The fourth-order valence-corrected chi connectivity index (χ4v) is 6.30. The van der Waals surface area contributed by atoms with Crippen LogP contribution < -0.4 is 9.64 Å². The predicted molar refractivity (Wildman–Crippen MR) is 169 cm³/mol. The number of aromatic nitrogens is 1. The summed E-state index contributed by atoms with van der Waals surface area (Å²) in [5, 5.41) is 19.0. The number of methoxy groups -OCH3 is 1. The van der Waals surface area contributed by atoms with Crippen molar-refractivity contribution in [1.82, 2.24) is 14.4 Å². The van der Waals surface area contributed by atoms with Crippen molar-refractivity contribution < 1.29 is 24.5 Å². The van der Waals surface area contributed by atoms with E-state index in [1.165, 1.54) is 0 Å². The van der Waals surface area contributed by atoms with Crippen molar-refractivity contribution >= 4 is 17.5 Å². The van der Waals surface area contributed by atoms with Crippen molar-refractivity contribution in [3.63, 3.8) is 0 Å². The van der Waals surface area contributed by atoms with E-state index in [1.54, 1.807) is 7.11 Å². The quantitative estimate of drug-likeness (QED) is 0.338. The first-order valence-electron chi connectivity index (χ1n) is 15.0. The lowest BCUT2D eigenvalue weighted by atomic mass is 9.97. The van der Waals surface area contributed by atoms with Crippen molar-refractivity contribution in [1.29, 1.82) is 0 Å². The first-order valence-corrected chi connectivity index (χ1v) is 15.0. The van der Waals surface area contributed by atoms with Gasteiger partial charge in [0.1, 0.15) is 11.4 Å². The van der Waals surface area contributed by atoms with Crippen LogP contribution in [0.5, 0.6) is 5.75 Å². The van der Waals surface area contributed by atoms with Crippen LogP contribution in [0.1, 0.15) is 37.7 Å². The SMILES string of the molecule is COc1ccccc1-c1ccc(C(=O)N2Cc3ccc(C(=O)N4CCN(C[C@@H](O)CO)CC4)n3Cc3ccccc32)cc1C. The third kappa shape index (κ3) is 5.74. The van der Waals surface area contributed by atoms with Gasteiger partial charge < -0.3 is 29.3 Å². The summed E-state index contributed by atoms with van der Waals surface area (Å²) in [4.78, 5) is 33.6. The largest absolute Gasteiger partial charge is 0.496 e. The summed E-state index contributed by atoms with van der Waals surface area (Å²) in [5.41, 5.74) is 6.86. The van der Waals surface area contributed by atoms with Crippen LogP contribution in [-0.2, 0) is 13.1 Å². The van der Waals surface area contributed by atoms with E-state index < -0.39 is 6.10 Å². The van der Waals surface area contributed by atoms with Gasteiger partial charge in [0.15, 0.2) is 0 Å². The molecular weight excluding hydrogens is 556 g/mol. The lowest BCUT2D eigenvalue weighted by molar-refractivity contribution is 0.0354. The van der Waals surface area contributed by atoms with Crippen molar-refractivity contribution in [3.05, 3.63) is 107 Å². The standard InChI is InChI=1S/C35H38N4O5/c1-24-19-25(11-13-29(24)30-8-4-6-10-33(30)44-2)34(42)39-21-27-12-14-32(38(27)20-26-7-3-5-9-31(26)39)35(43)37-17-15-36(16-18-37)22-28(41)23-40/h3-14,19,28,40-41H,15-18,20-23H2,1-2H3/t28-/m1/s1. The number of anilines is 1. The summed E-state index contributed by atoms with van der Waals surface area (Å²) in [7, 11) is 1.66. The Balaban J connectivity index is 1.26. The number of ether oxygens (including phenoxy) is 1. The molecule has 0 aliphatic carbocycles. The number of aryl methyl sites for hydroxylation is 1. The van der Waals surface area contributed by atoms with E-state index in [0.717, 1.165) is 39.4 Å². The predicted octanol–water partition coefficient (Wildman–Crippen LogP) is 3.79. The number of carbonyl (C=O) groups excluding carboxylic acids is 2. The van der Waals surface area contributed by atoms with E-state index in [2.05, 4.69) is 4.90 Å². The fraction of sp³-hybridized carbons (Fsp3) is 0.314. The molecule has 0 spiro atoms. The first kappa shape index (κ1) is 29.6. The zero-order chi connectivity index (χ0) is 30.8. The minimum atomic E-state index is -0.779. The average Bonchev–Trinajstić information content (AvgIpc) is 3.37. The minimum absolute atomic E-state index is 0.0431. The molecule has 9 nitrogen and oxygen atoms in total. The number of para-hydroxylation sites is 2. The molecule has 3 heterocycles. The molecule has 1 atom stereocenters. The Bertz CT molecular complexity index is 1670. The van der Waals surface area contributed by atoms with E-state index in [1.807, 2.05) is 100 Å². The number of piperazine rings is 1. The van der Waals surface area contributed by atoms with Gasteiger partial charge in [-0.3, -0.25) is 14.5 Å². The highest BCUT2D eigenvalue weighted by atomic mass is 16.5. The normalized spacial score (nSPS) is 15.7. The van der Waals surface area contributed by atoms with Crippen molar-refractivity contribution in [2.75, 3.05) is 51.3 Å². The average molecular weight is 595 g/mol. The number of amides is 2. The van der Waals surface area contributed by atoms with E-state index >= 15 is 0 Å². The summed E-state index contributed by atoms with van der Waals surface area (Å²) in [6.45, 7) is 5.31. The molecule has 9 heteroatoms. The van der Waals surface area contributed by atoms with Crippen molar-refractivity contribution in [3.8, 4) is 16.9 Å². The molecule has 3 aromatic carbocycles. The summed E-state index contributed by atoms with van der Waals surface area (Å²) in [6.07, 6.45) is -0.779. The van der Waals surface area contributed by atoms with Crippen molar-refractivity contribution in [2.45, 2.75) is 26.1 Å². The summed E-state index contributed by atoms with van der Waals surface area (Å²) >= 11 is 0. The molecule has 1 saturated heterocycles. The Morgan fingerprint density at radius 2 is 1.61 bits per heavy atom. The Kier molecular flexibility index (Phi) is 8.52. The zero-order valence-corrected chi connectivity index (χ0v) is 25.1. The third-order valence-electron chi connectivity index (χ3n) is 8.68. The van der Waals surface area contributed by atoms with Crippen LogP contribution in [0.4, 0.5) is 5.69 Å². The number of nitrogens with zero attached hydrogens (tertiary/aromatic N) is 4. The smallest absolute Gasteiger partial charge is 0.270 e. The number of hydrogen-bond donors (Lipinski definition) is 2. The van der Waals surface area contributed by atoms with E-state index in [9.17, 15) is 14.7 Å². The van der Waals surface area contributed by atoms with Gasteiger partial charge in [-0.1, -0.05) is 42.5 Å². The molecule has 44 heavy (non-hydrogen) atoms. The molecule has 6 rings (SSSR count). The molecule has 1 fully saturated rings. The van der Waals surface area contributed by atoms with Crippen LogP contribution in [0.2, 0.25) is 0 Å². The summed E-state index contributed by atoms with van der Waals surface area (Å²) in [5.74, 6) is 0.638. The molecule has 2 N–H and O–H groups in total. The highest BCUT2D eigenvalue weighted by Crippen LogP contribution is 2.34. The van der Waals surface area contributed by atoms with Crippen molar-refractivity contribution in [2.24, 2.45) is 0 Å². The molecule has 1 aromatic heterocycles. The number of rotatable bonds is 7. The lowest BCUT2D eigenvalue weighted by Crippen LogP contribution is -2.51. The van der Waals surface area contributed by atoms with E-state index in [0.29, 0.717) is 57.1 Å². The maximum atomic E-state index is 14.1. The van der Waals surface area contributed by atoms with Gasteiger partial charge in [0.2, 0.25) is 0 Å². The van der Waals surface area contributed by atoms with Crippen LogP contribution in [0, 0.1) is 6.92 Å². The molecule has 2 aliphatic heterocycles. The van der Waals surface area contributed by atoms with Gasteiger partial charge in [-0.05, 0) is 60.0 Å². The molecular formula is C35H38N4O5. The van der Waals surface area contributed by atoms with Gasteiger partial charge in [0, 0.05) is 55.2 Å². The molecule has 0 saturated carbocycles. The Morgan fingerprint density at radius 1 is 0.864 bits per heavy atom. The Hall–Kier alpha value is -4.44. The molecule has 4 aromatic rings. The number of carbonyl (C=O) groups is 2. The van der Waals surface area contributed by atoms with Gasteiger partial charge >= 0.3 is 0 Å². The van der Waals surface area contributed by atoms with E-state index in [-0.39, 0.29) is 18.4 Å². The Labute approximate surface area is 257 Å². The van der Waals surface area contributed by atoms with Gasteiger partial charge in [-0.2, -0.15) is 0 Å². The number of fused-ring (bicyclic) bond motifs is 2. The van der Waals surface area contributed by atoms with Gasteiger partial charge in [-0.25, -0.2) is 0 Å². The Morgan fingerprint density at radius 3 is 2.36 bits per heavy atom. The fourth-order valence-electron chi connectivity index (χ4n) is 6.30. The number of hydrogen-bond acceptors (Lipinski definition) is 6. The molecule has 0 bridgehead atoms.